The zero-order valence-corrected chi connectivity index (χ0v) is 18.5. The monoisotopic (exact) mass is 472 g/mol. The first kappa shape index (κ1) is 24.7. The van der Waals surface area contributed by atoms with E-state index in [-0.39, 0.29) is 13.0 Å². The minimum atomic E-state index is -1.33. The summed E-state index contributed by atoms with van der Waals surface area (Å²) < 4.78 is 0. The molecule has 12 nitrogen and oxygen atoms in total. The van der Waals surface area contributed by atoms with Gasteiger partial charge in [-0.05, 0) is 24.5 Å². The number of nitrogens with two attached hydrogens (primary N) is 2. The predicted octanol–water partition coefficient (Wildman–Crippen LogP) is -1.41. The number of fused-ring (bicyclic) bond motifs is 1. The fraction of sp³-hybridized carbons (Fsp3) is 0.409. The van der Waals surface area contributed by atoms with Gasteiger partial charge in [0.15, 0.2) is 0 Å². The van der Waals surface area contributed by atoms with Crippen LogP contribution in [0.3, 0.4) is 0 Å². The van der Waals surface area contributed by atoms with Crippen molar-refractivity contribution in [3.8, 4) is 0 Å². The Morgan fingerprint density at radius 1 is 1.15 bits per heavy atom. The number of amides is 4. The Bertz CT molecular complexity index is 1100. The van der Waals surface area contributed by atoms with Gasteiger partial charge >= 0.3 is 5.97 Å². The van der Waals surface area contributed by atoms with E-state index in [1.807, 2.05) is 24.3 Å². The highest BCUT2D eigenvalue weighted by atomic mass is 16.4. The summed E-state index contributed by atoms with van der Waals surface area (Å²) in [5, 5.41) is 15.3. The number of aliphatic carboxylic acids is 1. The molecule has 182 valence electrons. The van der Waals surface area contributed by atoms with Crippen LogP contribution in [0, 0.1) is 0 Å². The van der Waals surface area contributed by atoms with Crippen LogP contribution in [0.2, 0.25) is 0 Å². The molecule has 1 saturated heterocycles. The highest BCUT2D eigenvalue weighted by Crippen LogP contribution is 2.23. The molecule has 3 atom stereocenters. The summed E-state index contributed by atoms with van der Waals surface area (Å²) >= 11 is 0. The maximum Gasteiger partial charge on any atom is 0.326 e. The van der Waals surface area contributed by atoms with E-state index in [4.69, 9.17) is 11.5 Å². The number of nitrogens with zero attached hydrogens (tertiary/aromatic N) is 1. The van der Waals surface area contributed by atoms with Gasteiger partial charge in [-0.15, -0.1) is 0 Å². The molecular formula is C22H28N6O6. The second kappa shape index (κ2) is 10.8. The van der Waals surface area contributed by atoms with Gasteiger partial charge in [0.05, 0.1) is 13.0 Å². The summed E-state index contributed by atoms with van der Waals surface area (Å²) in [5.41, 5.74) is 12.1. The molecular weight excluding hydrogens is 444 g/mol. The van der Waals surface area contributed by atoms with Crippen molar-refractivity contribution < 1.29 is 29.1 Å². The molecule has 3 rings (SSSR count). The summed E-state index contributed by atoms with van der Waals surface area (Å²) in [6.45, 7) is -0.168. The highest BCUT2D eigenvalue weighted by molar-refractivity contribution is 5.96. The number of aromatic nitrogens is 1. The number of hydrogen-bond donors (Lipinski definition) is 6. The van der Waals surface area contributed by atoms with E-state index in [0.29, 0.717) is 12.8 Å². The van der Waals surface area contributed by atoms with E-state index >= 15 is 0 Å². The lowest BCUT2D eigenvalue weighted by Crippen LogP contribution is -2.57. The number of aromatic amines is 1. The number of benzene rings is 1. The summed E-state index contributed by atoms with van der Waals surface area (Å²) in [5.74, 6) is -3.99. The zero-order chi connectivity index (χ0) is 24.8. The quantitative estimate of drug-likeness (QED) is 0.244. The first-order valence-electron chi connectivity index (χ1n) is 10.9. The van der Waals surface area contributed by atoms with Gasteiger partial charge in [0.1, 0.15) is 18.1 Å². The average molecular weight is 473 g/mol. The number of para-hydroxylation sites is 1. The highest BCUT2D eigenvalue weighted by Gasteiger charge is 2.38. The normalized spacial score (nSPS) is 17.2. The minimum absolute atomic E-state index is 0.0611. The Morgan fingerprint density at radius 3 is 2.56 bits per heavy atom. The number of carbonyl (C=O) groups is 5. The molecule has 0 spiro atoms. The minimum Gasteiger partial charge on any atom is -0.480 e. The second-order valence-corrected chi connectivity index (χ2v) is 8.15. The Labute approximate surface area is 195 Å². The molecule has 34 heavy (non-hydrogen) atoms. The molecule has 2 aromatic rings. The molecule has 0 radical (unpaired) electrons. The van der Waals surface area contributed by atoms with Crippen molar-refractivity contribution in [2.75, 3.05) is 13.1 Å². The maximum absolute atomic E-state index is 13.4. The van der Waals surface area contributed by atoms with Gasteiger partial charge in [-0.2, -0.15) is 0 Å². The lowest BCUT2D eigenvalue weighted by atomic mass is 10.0. The van der Waals surface area contributed by atoms with Crippen molar-refractivity contribution in [1.82, 2.24) is 20.5 Å². The van der Waals surface area contributed by atoms with Crippen molar-refractivity contribution >= 4 is 40.5 Å². The van der Waals surface area contributed by atoms with Crippen molar-refractivity contribution in [2.45, 2.75) is 43.8 Å². The molecule has 1 aromatic heterocycles. The molecule has 1 aliphatic heterocycles. The second-order valence-electron chi connectivity index (χ2n) is 8.15. The molecule has 0 saturated carbocycles. The van der Waals surface area contributed by atoms with Crippen molar-refractivity contribution in [3.05, 3.63) is 36.0 Å². The first-order chi connectivity index (χ1) is 16.2. The van der Waals surface area contributed by atoms with E-state index in [1.54, 1.807) is 6.20 Å². The van der Waals surface area contributed by atoms with E-state index < -0.39 is 60.7 Å². The number of carboxylic acid groups (broad SMARTS) is 1. The van der Waals surface area contributed by atoms with Crippen molar-refractivity contribution in [3.63, 3.8) is 0 Å². The SMILES string of the molecule is NCC(=O)NC(CC(N)=O)C(=O)NC(Cc1c[nH]c2ccccc12)C(=O)N1CCCC1C(=O)O. The van der Waals surface area contributed by atoms with Crippen LogP contribution in [0.25, 0.3) is 10.9 Å². The molecule has 1 aliphatic rings. The molecule has 1 fully saturated rings. The molecule has 0 bridgehead atoms. The number of carbonyl (C=O) groups excluding carboxylic acids is 4. The van der Waals surface area contributed by atoms with Crippen LogP contribution in [0.5, 0.6) is 0 Å². The van der Waals surface area contributed by atoms with Crippen LogP contribution in [0.15, 0.2) is 30.5 Å². The number of H-pyrrole nitrogens is 1. The molecule has 2 heterocycles. The summed E-state index contributed by atoms with van der Waals surface area (Å²) in [6, 6.07) is 3.94. The van der Waals surface area contributed by atoms with E-state index in [1.165, 1.54) is 4.90 Å². The van der Waals surface area contributed by atoms with Crippen LogP contribution in [0.4, 0.5) is 0 Å². The summed E-state index contributed by atoms with van der Waals surface area (Å²) in [6.07, 6.45) is 2.12. The van der Waals surface area contributed by atoms with E-state index in [0.717, 1.165) is 16.5 Å². The lowest BCUT2D eigenvalue weighted by Gasteiger charge is -2.28. The fourth-order valence-corrected chi connectivity index (χ4v) is 4.14. The zero-order valence-electron chi connectivity index (χ0n) is 18.5. The van der Waals surface area contributed by atoms with Crippen molar-refractivity contribution in [2.24, 2.45) is 11.5 Å². The number of rotatable bonds is 10. The molecule has 1 aromatic carbocycles. The Kier molecular flexibility index (Phi) is 7.84. The smallest absolute Gasteiger partial charge is 0.326 e. The topological polar surface area (TPSA) is 201 Å². The third-order valence-electron chi connectivity index (χ3n) is 5.78. The van der Waals surface area contributed by atoms with E-state index in [2.05, 4.69) is 15.6 Å². The number of carboxylic acids is 1. The van der Waals surface area contributed by atoms with E-state index in [9.17, 15) is 29.1 Å². The van der Waals surface area contributed by atoms with Crippen LogP contribution in [-0.2, 0) is 30.4 Å². The molecule has 12 heteroatoms. The number of hydrogen-bond acceptors (Lipinski definition) is 6. The third kappa shape index (κ3) is 5.70. The molecule has 8 N–H and O–H groups in total. The van der Waals surface area contributed by atoms with Crippen molar-refractivity contribution in [1.29, 1.82) is 0 Å². The molecule has 4 amide bonds. The maximum atomic E-state index is 13.4. The summed E-state index contributed by atoms with van der Waals surface area (Å²) in [7, 11) is 0. The van der Waals surface area contributed by atoms with Crippen LogP contribution < -0.4 is 22.1 Å². The average Bonchev–Trinajstić information content (AvgIpc) is 3.45. The van der Waals surface area contributed by atoms with Crippen LogP contribution in [0.1, 0.15) is 24.8 Å². The Morgan fingerprint density at radius 2 is 1.88 bits per heavy atom. The standard InChI is InChI=1S/C22H28N6O6/c23-10-19(30)26-15(9-18(24)29)20(31)27-16(21(32)28-7-3-6-17(28)22(33)34)8-12-11-25-14-5-2-1-4-13(12)14/h1-2,4-5,11,15-17,25H,3,6-10,23H2,(H2,24,29)(H,26,30)(H,27,31)(H,33,34). The van der Waals surface area contributed by atoms with Crippen LogP contribution >= 0.6 is 0 Å². The summed E-state index contributed by atoms with van der Waals surface area (Å²) in [4.78, 5) is 65.6. The van der Waals surface area contributed by atoms with Gasteiger partial charge in [-0.3, -0.25) is 19.2 Å². The third-order valence-corrected chi connectivity index (χ3v) is 5.78. The van der Waals surface area contributed by atoms with Gasteiger partial charge in [0, 0.05) is 30.1 Å². The van der Waals surface area contributed by atoms with Crippen LogP contribution in [-0.4, -0.2) is 75.8 Å². The Hall–Kier alpha value is -3.93. The van der Waals surface area contributed by atoms with Gasteiger partial charge in [0.25, 0.3) is 0 Å². The van der Waals surface area contributed by atoms with Gasteiger partial charge in [0.2, 0.25) is 23.6 Å². The number of likely N-dealkylation sites (tertiary alicyclic amines) is 1. The molecule has 3 unspecified atom stereocenters. The van der Waals surface area contributed by atoms with Gasteiger partial charge in [-0.25, -0.2) is 4.79 Å². The molecule has 0 aliphatic carbocycles. The number of primary amides is 1. The first-order valence-corrected chi connectivity index (χ1v) is 10.9. The fourth-order valence-electron chi connectivity index (χ4n) is 4.14. The number of nitrogens with one attached hydrogen (secondary N) is 3. The largest absolute Gasteiger partial charge is 0.480 e. The Balaban J connectivity index is 1.89. The van der Waals surface area contributed by atoms with Gasteiger partial charge in [-0.1, -0.05) is 18.2 Å². The predicted molar refractivity (Wildman–Crippen MR) is 121 cm³/mol. The van der Waals surface area contributed by atoms with Gasteiger partial charge < -0.3 is 37.1 Å². The lowest BCUT2D eigenvalue weighted by molar-refractivity contribution is -0.149.